The molecule has 0 saturated carbocycles. The Balaban J connectivity index is 1.07. The van der Waals surface area contributed by atoms with Crippen molar-refractivity contribution >= 4 is 33.4 Å². The lowest BCUT2D eigenvalue weighted by molar-refractivity contribution is 0.546. The summed E-state index contributed by atoms with van der Waals surface area (Å²) in [5.41, 5.74) is 13.9. The first-order chi connectivity index (χ1) is 27.5. The standard InChI is InChI=1S/C52H39N3O/c1-52(2)42-31-37(50-53-49(35-16-7-4-8-17-35)54-51(55-50)41-21-13-23-45-47(41)40-20-11-12-22-44(40)56-45)28-29-39(42)48-43(52)30-36-18-9-10-19-38(36)46(48)34-26-24-33(25-27-34)32-14-5-3-6-15-32/h3-11,13-21,23-26,28-31,34H,12,22,27H2,1-2H3. The Labute approximate surface area is 326 Å². The second kappa shape index (κ2) is 12.7. The molecular weight excluding hydrogens is 683 g/mol. The molecule has 3 aliphatic rings. The van der Waals surface area contributed by atoms with Crippen molar-refractivity contribution in [3.05, 3.63) is 185 Å². The number of hydrogen-bond acceptors (Lipinski definition) is 4. The van der Waals surface area contributed by atoms with Crippen molar-refractivity contribution in [1.29, 1.82) is 0 Å². The van der Waals surface area contributed by atoms with Crippen molar-refractivity contribution in [2.75, 3.05) is 0 Å². The minimum absolute atomic E-state index is 0.241. The van der Waals surface area contributed by atoms with E-state index in [1.807, 2.05) is 30.3 Å². The molecular formula is C52H39N3O. The zero-order chi connectivity index (χ0) is 37.4. The summed E-state index contributed by atoms with van der Waals surface area (Å²) in [5, 5.41) is 3.67. The number of rotatable bonds is 5. The summed E-state index contributed by atoms with van der Waals surface area (Å²) in [6, 6.07) is 45.4. The van der Waals surface area contributed by atoms with Gasteiger partial charge in [0.1, 0.15) is 11.3 Å². The zero-order valence-corrected chi connectivity index (χ0v) is 31.5. The third-order valence-electron chi connectivity index (χ3n) is 12.1. The highest BCUT2D eigenvalue weighted by molar-refractivity contribution is 6.01. The minimum atomic E-state index is -0.241. The van der Waals surface area contributed by atoms with Gasteiger partial charge >= 0.3 is 0 Å². The van der Waals surface area contributed by atoms with Crippen LogP contribution in [0.4, 0.5) is 0 Å². The van der Waals surface area contributed by atoms with Crippen molar-refractivity contribution in [2.24, 2.45) is 0 Å². The predicted octanol–water partition coefficient (Wildman–Crippen LogP) is 13.2. The normalized spacial score (nSPS) is 16.5. The summed E-state index contributed by atoms with van der Waals surface area (Å²) in [7, 11) is 0. The highest BCUT2D eigenvalue weighted by Crippen LogP contribution is 2.55. The van der Waals surface area contributed by atoms with E-state index in [-0.39, 0.29) is 11.3 Å². The zero-order valence-electron chi connectivity index (χ0n) is 31.5. The molecule has 2 heterocycles. The van der Waals surface area contributed by atoms with Crippen molar-refractivity contribution < 1.29 is 4.42 Å². The molecule has 2 aromatic heterocycles. The van der Waals surface area contributed by atoms with E-state index in [1.165, 1.54) is 49.7 Å². The molecule has 56 heavy (non-hydrogen) atoms. The first kappa shape index (κ1) is 32.8. The quantitative estimate of drug-likeness (QED) is 0.178. The largest absolute Gasteiger partial charge is 0.460 e. The van der Waals surface area contributed by atoms with Gasteiger partial charge in [0.25, 0.3) is 0 Å². The fourth-order valence-electron chi connectivity index (χ4n) is 9.31. The van der Waals surface area contributed by atoms with Crippen LogP contribution in [0.3, 0.4) is 0 Å². The van der Waals surface area contributed by atoms with Crippen molar-refractivity contribution in [3.8, 4) is 45.3 Å². The van der Waals surface area contributed by atoms with Crippen LogP contribution in [0.1, 0.15) is 66.2 Å². The molecule has 1 unspecified atom stereocenters. The lowest BCUT2D eigenvalue weighted by Crippen LogP contribution is -2.15. The second-order valence-corrected chi connectivity index (χ2v) is 15.8. The maximum atomic E-state index is 6.36. The molecule has 8 aromatic rings. The SMILES string of the molecule is CC1(C)c2cc(-c3nc(-c4ccccc4)nc(-c4cccc5oc6c(c45)C=CCC6)n3)ccc2-c2c1cc1ccccc1c2C1C=CC(c2ccccc2)=CC1. The number of nitrogens with zero attached hydrogens (tertiary/aromatic N) is 3. The number of fused-ring (bicyclic) bond motifs is 7. The molecule has 1 atom stereocenters. The Bertz CT molecular complexity index is 2970. The molecule has 0 N–H and O–H groups in total. The van der Waals surface area contributed by atoms with Gasteiger partial charge in [-0.3, -0.25) is 0 Å². The smallest absolute Gasteiger partial charge is 0.164 e. The Hall–Kier alpha value is -6.65. The summed E-state index contributed by atoms with van der Waals surface area (Å²) in [6.45, 7) is 4.74. The van der Waals surface area contributed by atoms with Crippen molar-refractivity contribution in [3.63, 3.8) is 0 Å². The van der Waals surface area contributed by atoms with Gasteiger partial charge in [0.2, 0.25) is 0 Å². The number of aryl methyl sites for hydroxylation is 1. The van der Waals surface area contributed by atoms with E-state index in [1.54, 1.807) is 0 Å². The lowest BCUT2D eigenvalue weighted by Gasteiger charge is -2.25. The summed E-state index contributed by atoms with van der Waals surface area (Å²) in [6.07, 6.45) is 14.4. The molecule has 4 nitrogen and oxygen atoms in total. The average Bonchev–Trinajstić information content (AvgIpc) is 3.75. The number of hydrogen-bond donors (Lipinski definition) is 0. The Kier molecular flexibility index (Phi) is 7.43. The van der Waals surface area contributed by atoms with Crippen LogP contribution in [-0.4, -0.2) is 15.0 Å². The van der Waals surface area contributed by atoms with Gasteiger partial charge in [0, 0.05) is 45.4 Å². The van der Waals surface area contributed by atoms with Gasteiger partial charge < -0.3 is 4.42 Å². The topological polar surface area (TPSA) is 51.8 Å². The molecule has 0 amide bonds. The molecule has 0 radical (unpaired) electrons. The van der Waals surface area contributed by atoms with Crippen LogP contribution >= 0.6 is 0 Å². The third kappa shape index (κ3) is 5.16. The number of benzene rings is 6. The van der Waals surface area contributed by atoms with Crippen LogP contribution in [0.15, 0.2) is 156 Å². The van der Waals surface area contributed by atoms with Crippen LogP contribution < -0.4 is 0 Å². The average molecular weight is 722 g/mol. The monoisotopic (exact) mass is 721 g/mol. The van der Waals surface area contributed by atoms with E-state index in [4.69, 9.17) is 19.4 Å². The van der Waals surface area contributed by atoms with Gasteiger partial charge in [-0.1, -0.05) is 153 Å². The molecule has 0 saturated heterocycles. The summed E-state index contributed by atoms with van der Waals surface area (Å²) < 4.78 is 6.36. The Morgan fingerprint density at radius 1 is 0.643 bits per heavy atom. The molecule has 268 valence electrons. The second-order valence-electron chi connectivity index (χ2n) is 15.8. The third-order valence-corrected chi connectivity index (χ3v) is 12.1. The summed E-state index contributed by atoms with van der Waals surface area (Å²) in [4.78, 5) is 15.6. The van der Waals surface area contributed by atoms with E-state index in [2.05, 4.69) is 141 Å². The van der Waals surface area contributed by atoms with E-state index in [0.29, 0.717) is 17.5 Å². The van der Waals surface area contributed by atoms with Gasteiger partial charge in [-0.25, -0.2) is 15.0 Å². The molecule has 11 rings (SSSR count). The van der Waals surface area contributed by atoms with Crippen molar-refractivity contribution in [2.45, 2.75) is 44.4 Å². The molecule has 4 heteroatoms. The molecule has 0 fully saturated rings. The lowest BCUT2D eigenvalue weighted by atomic mass is 9.78. The van der Waals surface area contributed by atoms with Crippen molar-refractivity contribution in [1.82, 2.24) is 15.0 Å². The van der Waals surface area contributed by atoms with E-state index in [9.17, 15) is 0 Å². The van der Waals surface area contributed by atoms with E-state index >= 15 is 0 Å². The number of allylic oxidation sites excluding steroid dienone is 5. The molecule has 3 aliphatic carbocycles. The van der Waals surface area contributed by atoms with Crippen LogP contribution in [-0.2, 0) is 11.8 Å². The van der Waals surface area contributed by atoms with Gasteiger partial charge in [0.05, 0.1) is 0 Å². The molecule has 6 aromatic carbocycles. The first-order valence-corrected chi connectivity index (χ1v) is 19.7. The van der Waals surface area contributed by atoms with E-state index in [0.717, 1.165) is 58.2 Å². The number of aromatic nitrogens is 3. The first-order valence-electron chi connectivity index (χ1n) is 19.7. The highest BCUT2D eigenvalue weighted by atomic mass is 16.3. The summed E-state index contributed by atoms with van der Waals surface area (Å²) in [5.74, 6) is 3.24. The molecule has 0 bridgehead atoms. The van der Waals surface area contributed by atoms with E-state index < -0.39 is 0 Å². The van der Waals surface area contributed by atoms with Gasteiger partial charge in [-0.15, -0.1) is 0 Å². The van der Waals surface area contributed by atoms with Gasteiger partial charge in [0.15, 0.2) is 17.5 Å². The maximum Gasteiger partial charge on any atom is 0.164 e. The van der Waals surface area contributed by atoms with Crippen LogP contribution in [0.2, 0.25) is 0 Å². The maximum absolute atomic E-state index is 6.36. The van der Waals surface area contributed by atoms with Crippen LogP contribution in [0, 0.1) is 0 Å². The predicted molar refractivity (Wildman–Crippen MR) is 229 cm³/mol. The Morgan fingerprint density at radius 3 is 2.20 bits per heavy atom. The van der Waals surface area contributed by atoms with Gasteiger partial charge in [-0.05, 0) is 80.8 Å². The fourth-order valence-corrected chi connectivity index (χ4v) is 9.31. The van der Waals surface area contributed by atoms with Gasteiger partial charge in [-0.2, -0.15) is 0 Å². The summed E-state index contributed by atoms with van der Waals surface area (Å²) >= 11 is 0. The van der Waals surface area contributed by atoms with Crippen LogP contribution in [0.25, 0.3) is 78.7 Å². The molecule has 0 spiro atoms. The van der Waals surface area contributed by atoms with Crippen LogP contribution in [0.5, 0.6) is 0 Å². The highest BCUT2D eigenvalue weighted by Gasteiger charge is 2.39. The molecule has 0 aliphatic heterocycles. The fraction of sp³-hybridized carbons (Fsp3) is 0.135. The minimum Gasteiger partial charge on any atom is -0.460 e. The Morgan fingerprint density at radius 2 is 1.39 bits per heavy atom. The number of furan rings is 1.